The Bertz CT molecular complexity index is 1030. The van der Waals surface area contributed by atoms with E-state index in [4.69, 9.17) is 0 Å². The van der Waals surface area contributed by atoms with Gasteiger partial charge in [-0.25, -0.2) is 0 Å². The first kappa shape index (κ1) is 22.9. The Morgan fingerprint density at radius 1 is 0.794 bits per heavy atom. The fourth-order valence-corrected chi connectivity index (χ4v) is 6.06. The van der Waals surface area contributed by atoms with Crippen LogP contribution in [0, 0.1) is 17.8 Å². The molecule has 0 radical (unpaired) electrons. The number of hydrogen-bond donors (Lipinski definition) is 3. The van der Waals surface area contributed by atoms with Crippen LogP contribution >= 0.6 is 0 Å². The summed E-state index contributed by atoms with van der Waals surface area (Å²) in [4.78, 5) is 25.5. The summed E-state index contributed by atoms with van der Waals surface area (Å²) in [7, 11) is 0. The van der Waals surface area contributed by atoms with Crippen LogP contribution in [0.25, 0.3) is 0 Å². The van der Waals surface area contributed by atoms with Gasteiger partial charge >= 0.3 is 0 Å². The van der Waals surface area contributed by atoms with Crippen LogP contribution in [-0.2, 0) is 9.59 Å². The van der Waals surface area contributed by atoms with Crippen LogP contribution in [0.3, 0.4) is 0 Å². The van der Waals surface area contributed by atoms with Gasteiger partial charge in [-0.15, -0.1) is 0 Å². The molecule has 2 aromatic carbocycles. The molecule has 2 aliphatic carbocycles. The van der Waals surface area contributed by atoms with Gasteiger partial charge < -0.3 is 16.0 Å². The van der Waals surface area contributed by atoms with Gasteiger partial charge in [0, 0.05) is 41.4 Å². The van der Waals surface area contributed by atoms with Gasteiger partial charge in [-0.2, -0.15) is 0 Å². The van der Waals surface area contributed by atoms with Gasteiger partial charge in [0.2, 0.25) is 11.8 Å². The van der Waals surface area contributed by atoms with Crippen molar-refractivity contribution in [2.45, 2.75) is 70.6 Å². The van der Waals surface area contributed by atoms with E-state index in [0.29, 0.717) is 5.92 Å². The second kappa shape index (κ2) is 10.2. The lowest BCUT2D eigenvalue weighted by Gasteiger charge is -2.27. The highest BCUT2D eigenvalue weighted by molar-refractivity contribution is 5.93. The van der Waals surface area contributed by atoms with Crippen LogP contribution in [0.5, 0.6) is 0 Å². The minimum atomic E-state index is 0.126. The van der Waals surface area contributed by atoms with Gasteiger partial charge in [-0.1, -0.05) is 51.2 Å². The Hall–Kier alpha value is -2.82. The van der Waals surface area contributed by atoms with Gasteiger partial charge in [0.15, 0.2) is 0 Å². The molecule has 5 heteroatoms. The number of anilines is 3. The first-order valence-corrected chi connectivity index (χ1v) is 13.2. The highest BCUT2D eigenvalue weighted by Crippen LogP contribution is 2.38. The zero-order chi connectivity index (χ0) is 23.5. The summed E-state index contributed by atoms with van der Waals surface area (Å²) in [6, 6.07) is 14.5. The number of benzene rings is 2. The molecule has 3 N–H and O–H groups in total. The molecule has 0 bridgehead atoms. The maximum absolute atomic E-state index is 12.8. The van der Waals surface area contributed by atoms with Crippen molar-refractivity contribution < 1.29 is 9.59 Å². The van der Waals surface area contributed by atoms with Crippen LogP contribution in [0.15, 0.2) is 42.5 Å². The maximum Gasteiger partial charge on any atom is 0.227 e. The average Bonchev–Trinajstić information content (AvgIpc) is 3.28. The zero-order valence-corrected chi connectivity index (χ0v) is 20.2. The predicted molar refractivity (Wildman–Crippen MR) is 138 cm³/mol. The van der Waals surface area contributed by atoms with E-state index in [2.05, 4.69) is 47.1 Å². The largest absolute Gasteiger partial charge is 0.384 e. The Morgan fingerprint density at radius 3 is 2.24 bits per heavy atom. The quantitative estimate of drug-likeness (QED) is 0.476. The van der Waals surface area contributed by atoms with Crippen molar-refractivity contribution >= 4 is 28.9 Å². The third-order valence-electron chi connectivity index (χ3n) is 8.20. The van der Waals surface area contributed by atoms with E-state index in [9.17, 15) is 9.59 Å². The molecule has 1 aliphatic heterocycles. The molecule has 34 heavy (non-hydrogen) atoms. The average molecular weight is 460 g/mol. The van der Waals surface area contributed by atoms with Crippen LogP contribution in [-0.4, -0.2) is 18.4 Å². The molecule has 0 aromatic heterocycles. The lowest BCUT2D eigenvalue weighted by atomic mass is 9.80. The van der Waals surface area contributed by atoms with Crippen LogP contribution in [0.2, 0.25) is 0 Å². The second-order valence-electron chi connectivity index (χ2n) is 10.5. The van der Waals surface area contributed by atoms with E-state index in [-0.39, 0.29) is 29.6 Å². The fraction of sp³-hybridized carbons (Fsp3) is 0.517. The SMILES string of the molecule is CC1CCCCC1C(=O)Nc1ccc(C2CNc3ccc(NC(=O)C4CCCCC4)cc32)cc1. The molecule has 5 rings (SSSR count). The van der Waals surface area contributed by atoms with Gasteiger partial charge in [0.25, 0.3) is 0 Å². The first-order valence-electron chi connectivity index (χ1n) is 13.2. The van der Waals surface area contributed by atoms with Gasteiger partial charge in [0.05, 0.1) is 0 Å². The second-order valence-corrected chi connectivity index (χ2v) is 10.5. The monoisotopic (exact) mass is 459 g/mol. The molecule has 2 aromatic rings. The Labute approximate surface area is 203 Å². The first-order chi connectivity index (χ1) is 16.6. The molecule has 0 spiro atoms. The number of carbonyl (C=O) groups is 2. The molecule has 3 atom stereocenters. The van der Waals surface area contributed by atoms with Crippen molar-refractivity contribution in [2.75, 3.05) is 22.5 Å². The van der Waals surface area contributed by atoms with Crippen molar-refractivity contribution in [2.24, 2.45) is 17.8 Å². The number of rotatable bonds is 5. The summed E-state index contributed by atoms with van der Waals surface area (Å²) in [5.74, 6) is 1.28. The van der Waals surface area contributed by atoms with Gasteiger partial charge in [0.1, 0.15) is 0 Å². The van der Waals surface area contributed by atoms with Crippen LogP contribution in [0.4, 0.5) is 17.1 Å². The normalized spacial score (nSPS) is 24.7. The molecule has 0 saturated heterocycles. The summed E-state index contributed by atoms with van der Waals surface area (Å²) in [6.07, 6.45) is 10.1. The number of carbonyl (C=O) groups excluding carboxylic acids is 2. The number of hydrogen-bond acceptors (Lipinski definition) is 3. The molecule has 2 fully saturated rings. The van der Waals surface area contributed by atoms with Crippen LogP contribution in [0.1, 0.15) is 81.8 Å². The number of amides is 2. The van der Waals surface area contributed by atoms with E-state index in [0.717, 1.165) is 68.6 Å². The highest BCUT2D eigenvalue weighted by atomic mass is 16.2. The molecule has 3 unspecified atom stereocenters. The summed E-state index contributed by atoms with van der Waals surface area (Å²) in [5, 5.41) is 9.81. The van der Waals surface area contributed by atoms with Crippen molar-refractivity contribution in [3.05, 3.63) is 53.6 Å². The molecule has 2 saturated carbocycles. The third-order valence-corrected chi connectivity index (χ3v) is 8.20. The van der Waals surface area contributed by atoms with Crippen molar-refractivity contribution in [1.82, 2.24) is 0 Å². The minimum absolute atomic E-state index is 0.126. The van der Waals surface area contributed by atoms with E-state index in [1.165, 1.54) is 24.0 Å². The lowest BCUT2D eigenvalue weighted by Crippen LogP contribution is -2.30. The zero-order valence-electron chi connectivity index (χ0n) is 20.2. The Balaban J connectivity index is 1.25. The van der Waals surface area contributed by atoms with E-state index >= 15 is 0 Å². The van der Waals surface area contributed by atoms with Gasteiger partial charge in [-0.05, 0) is 73.1 Å². The van der Waals surface area contributed by atoms with E-state index in [1.54, 1.807) is 0 Å². The smallest absolute Gasteiger partial charge is 0.227 e. The predicted octanol–water partition coefficient (Wildman–Crippen LogP) is 6.53. The molecule has 180 valence electrons. The topological polar surface area (TPSA) is 70.2 Å². The molecular formula is C29H37N3O2. The molecule has 1 heterocycles. The summed E-state index contributed by atoms with van der Waals surface area (Å²) in [5.41, 5.74) is 5.31. The highest BCUT2D eigenvalue weighted by Gasteiger charge is 2.28. The molecular weight excluding hydrogens is 422 g/mol. The minimum Gasteiger partial charge on any atom is -0.384 e. The maximum atomic E-state index is 12.8. The summed E-state index contributed by atoms with van der Waals surface area (Å²) < 4.78 is 0. The number of fused-ring (bicyclic) bond motifs is 1. The van der Waals surface area contributed by atoms with Crippen LogP contribution < -0.4 is 16.0 Å². The molecule has 3 aliphatic rings. The standard InChI is InChI=1S/C29H37N3O2/c1-19-7-5-6-10-24(19)29(34)31-22-13-11-20(12-14-22)26-18-30-27-16-15-23(17-25(26)27)32-28(33)21-8-3-2-4-9-21/h11-17,19,21,24,26,30H,2-10,18H2,1H3,(H,31,34)(H,32,33). The third kappa shape index (κ3) is 4.98. The Kier molecular flexibility index (Phi) is 6.89. The fourth-order valence-electron chi connectivity index (χ4n) is 6.06. The molecule has 5 nitrogen and oxygen atoms in total. The van der Waals surface area contributed by atoms with Gasteiger partial charge in [-0.3, -0.25) is 9.59 Å². The Morgan fingerprint density at radius 2 is 1.47 bits per heavy atom. The van der Waals surface area contributed by atoms with E-state index < -0.39 is 0 Å². The van der Waals surface area contributed by atoms with Crippen molar-refractivity contribution in [3.63, 3.8) is 0 Å². The summed E-state index contributed by atoms with van der Waals surface area (Å²) in [6.45, 7) is 3.03. The lowest BCUT2D eigenvalue weighted by molar-refractivity contribution is -0.122. The van der Waals surface area contributed by atoms with Crippen molar-refractivity contribution in [3.8, 4) is 0 Å². The summed E-state index contributed by atoms with van der Waals surface area (Å²) >= 11 is 0. The number of nitrogens with one attached hydrogen (secondary N) is 3. The van der Waals surface area contributed by atoms with E-state index in [1.807, 2.05) is 18.2 Å². The molecule has 2 amide bonds. The van der Waals surface area contributed by atoms with Crippen molar-refractivity contribution in [1.29, 1.82) is 0 Å².